The summed E-state index contributed by atoms with van der Waals surface area (Å²) in [6.07, 6.45) is 0. The lowest BCUT2D eigenvalue weighted by atomic mass is 10.1. The minimum atomic E-state index is -0.605. The van der Waals surface area contributed by atoms with Gasteiger partial charge in [0.2, 0.25) is 5.55 Å². The van der Waals surface area contributed by atoms with E-state index in [1.54, 1.807) is 18.2 Å². The number of para-hydroxylation sites is 2. The number of nitrogens with one attached hydrogen (secondary N) is 1. The number of hydrogen-bond acceptors (Lipinski definition) is 3. The number of anilines is 1. The number of aryl methyl sites for hydroxylation is 1. The van der Waals surface area contributed by atoms with Crippen LogP contribution in [0.15, 0.2) is 82.2 Å². The second kappa shape index (κ2) is 7.89. The van der Waals surface area contributed by atoms with Crippen molar-refractivity contribution in [3.63, 3.8) is 0 Å². The van der Waals surface area contributed by atoms with Gasteiger partial charge in [0.1, 0.15) is 22.7 Å². The maximum absolute atomic E-state index is 14.3. The Bertz CT molecular complexity index is 1300. The lowest BCUT2D eigenvalue weighted by Gasteiger charge is -2.09. The van der Waals surface area contributed by atoms with Crippen LogP contribution >= 0.6 is 11.6 Å². The molecule has 0 atom stereocenters. The molecule has 1 heterocycles. The number of halogens is 2. The summed E-state index contributed by atoms with van der Waals surface area (Å²) in [4.78, 5) is 17.3. The zero-order valence-electron chi connectivity index (χ0n) is 15.4. The lowest BCUT2D eigenvalue weighted by Crippen LogP contribution is -2.22. The van der Waals surface area contributed by atoms with Gasteiger partial charge < -0.3 is 9.73 Å². The van der Waals surface area contributed by atoms with Crippen LogP contribution in [0.1, 0.15) is 15.9 Å². The summed E-state index contributed by atoms with van der Waals surface area (Å²) in [5, 5.41) is 3.86. The summed E-state index contributed by atoms with van der Waals surface area (Å²) in [6.45, 7) is 1.90. The standard InChI is InChI=1S/C23H16ClFN2O2/c1-14-6-2-4-8-19(14)26-22(28)17-12-15-7-3-5-9-21(15)29-23(17)27-20-11-10-16(24)13-18(20)25/h2-13H,1H3,(H,26,28). The van der Waals surface area contributed by atoms with Crippen LogP contribution < -0.4 is 10.9 Å². The molecule has 0 saturated heterocycles. The van der Waals surface area contributed by atoms with E-state index >= 15 is 0 Å². The van der Waals surface area contributed by atoms with Gasteiger partial charge in [-0.1, -0.05) is 48.0 Å². The average Bonchev–Trinajstić information content (AvgIpc) is 2.71. The Hall–Kier alpha value is -3.44. The molecule has 0 aliphatic rings. The SMILES string of the molecule is Cc1ccccc1NC(=O)c1cc2ccccc2oc1=Nc1ccc(Cl)cc1F. The van der Waals surface area contributed by atoms with Gasteiger partial charge >= 0.3 is 0 Å². The molecule has 0 aliphatic heterocycles. The minimum Gasteiger partial charge on any atom is -0.438 e. The highest BCUT2D eigenvalue weighted by Gasteiger charge is 2.14. The maximum atomic E-state index is 14.3. The van der Waals surface area contributed by atoms with Crippen LogP contribution in [0.2, 0.25) is 5.02 Å². The summed E-state index contributed by atoms with van der Waals surface area (Å²) in [7, 11) is 0. The van der Waals surface area contributed by atoms with E-state index in [1.165, 1.54) is 12.1 Å². The minimum absolute atomic E-state index is 0.0102. The molecule has 4 nitrogen and oxygen atoms in total. The third-order valence-electron chi connectivity index (χ3n) is 4.43. The van der Waals surface area contributed by atoms with Gasteiger partial charge in [-0.2, -0.15) is 0 Å². The maximum Gasteiger partial charge on any atom is 0.261 e. The molecular weight excluding hydrogens is 391 g/mol. The van der Waals surface area contributed by atoms with Gasteiger partial charge in [-0.05, 0) is 48.9 Å². The van der Waals surface area contributed by atoms with Crippen molar-refractivity contribution < 1.29 is 13.6 Å². The van der Waals surface area contributed by atoms with Gasteiger partial charge in [0.25, 0.3) is 5.91 Å². The first-order valence-electron chi connectivity index (χ1n) is 8.91. The first-order chi connectivity index (χ1) is 14.0. The van der Waals surface area contributed by atoms with Crippen molar-refractivity contribution in [3.05, 3.63) is 100 Å². The van der Waals surface area contributed by atoms with Crippen molar-refractivity contribution in [1.29, 1.82) is 0 Å². The van der Waals surface area contributed by atoms with Gasteiger partial charge in [-0.15, -0.1) is 0 Å². The van der Waals surface area contributed by atoms with E-state index in [0.717, 1.165) is 17.0 Å². The molecule has 144 valence electrons. The van der Waals surface area contributed by atoms with E-state index in [9.17, 15) is 9.18 Å². The third-order valence-corrected chi connectivity index (χ3v) is 4.66. The molecule has 3 aromatic carbocycles. The predicted octanol–water partition coefficient (Wildman–Crippen LogP) is 6.02. The van der Waals surface area contributed by atoms with Crippen LogP contribution in [0.3, 0.4) is 0 Å². The molecule has 6 heteroatoms. The fourth-order valence-electron chi connectivity index (χ4n) is 2.90. The number of carbonyl (C=O) groups excluding carboxylic acids is 1. The third kappa shape index (κ3) is 4.05. The Morgan fingerprint density at radius 3 is 2.59 bits per heavy atom. The normalized spacial score (nSPS) is 11.6. The van der Waals surface area contributed by atoms with E-state index < -0.39 is 11.7 Å². The molecule has 0 bridgehead atoms. The molecule has 0 saturated carbocycles. The van der Waals surface area contributed by atoms with E-state index in [1.807, 2.05) is 43.3 Å². The van der Waals surface area contributed by atoms with Gasteiger partial charge in [0.15, 0.2) is 0 Å². The largest absolute Gasteiger partial charge is 0.438 e. The van der Waals surface area contributed by atoms with E-state index in [-0.39, 0.29) is 21.8 Å². The van der Waals surface area contributed by atoms with E-state index in [0.29, 0.717) is 11.3 Å². The van der Waals surface area contributed by atoms with Gasteiger partial charge in [-0.25, -0.2) is 9.38 Å². The number of fused-ring (bicyclic) bond motifs is 1. The summed E-state index contributed by atoms with van der Waals surface area (Å²) < 4.78 is 20.1. The lowest BCUT2D eigenvalue weighted by molar-refractivity contribution is 0.102. The van der Waals surface area contributed by atoms with Crippen LogP contribution in [-0.4, -0.2) is 5.91 Å². The van der Waals surface area contributed by atoms with Crippen molar-refractivity contribution in [3.8, 4) is 0 Å². The van der Waals surface area contributed by atoms with Gasteiger partial charge in [0, 0.05) is 16.1 Å². The number of benzene rings is 3. The van der Waals surface area contributed by atoms with Gasteiger partial charge in [-0.3, -0.25) is 4.79 Å². The summed E-state index contributed by atoms with van der Waals surface area (Å²) in [6, 6.07) is 20.5. The first-order valence-corrected chi connectivity index (χ1v) is 9.29. The molecule has 0 unspecified atom stereocenters. The molecule has 0 fully saturated rings. The number of nitrogens with zero attached hydrogens (tertiary/aromatic N) is 1. The van der Waals surface area contributed by atoms with Crippen molar-refractivity contribution in [2.75, 3.05) is 5.32 Å². The zero-order chi connectivity index (χ0) is 20.4. The molecule has 0 radical (unpaired) electrons. The Labute approximate surface area is 171 Å². The number of rotatable bonds is 3. The zero-order valence-corrected chi connectivity index (χ0v) is 16.2. The highest BCUT2D eigenvalue weighted by Crippen LogP contribution is 2.22. The van der Waals surface area contributed by atoms with Crippen molar-refractivity contribution in [2.45, 2.75) is 6.92 Å². The molecule has 4 rings (SSSR count). The molecule has 1 amide bonds. The van der Waals surface area contributed by atoms with E-state index in [2.05, 4.69) is 10.3 Å². The Morgan fingerprint density at radius 2 is 1.79 bits per heavy atom. The molecule has 1 aromatic heterocycles. The highest BCUT2D eigenvalue weighted by atomic mass is 35.5. The second-order valence-electron chi connectivity index (χ2n) is 6.48. The molecule has 4 aromatic rings. The number of amides is 1. The quantitative estimate of drug-likeness (QED) is 0.452. The topological polar surface area (TPSA) is 54.6 Å². The highest BCUT2D eigenvalue weighted by molar-refractivity contribution is 6.30. The molecular formula is C23H16ClFN2O2. The van der Waals surface area contributed by atoms with Crippen LogP contribution in [0.25, 0.3) is 11.0 Å². The predicted molar refractivity (Wildman–Crippen MR) is 112 cm³/mol. The Balaban J connectivity index is 1.87. The number of hydrogen-bond donors (Lipinski definition) is 1. The van der Waals surface area contributed by atoms with Crippen LogP contribution in [-0.2, 0) is 0 Å². The summed E-state index contributed by atoms with van der Waals surface area (Å²) in [5.41, 5.74) is 2.36. The second-order valence-corrected chi connectivity index (χ2v) is 6.92. The molecule has 1 N–H and O–H groups in total. The van der Waals surface area contributed by atoms with E-state index in [4.69, 9.17) is 16.0 Å². The first kappa shape index (κ1) is 18.9. The summed E-state index contributed by atoms with van der Waals surface area (Å²) in [5.74, 6) is -1.01. The smallest absolute Gasteiger partial charge is 0.261 e. The molecule has 29 heavy (non-hydrogen) atoms. The summed E-state index contributed by atoms with van der Waals surface area (Å²) >= 11 is 5.82. The number of carbonyl (C=O) groups is 1. The molecule has 0 spiro atoms. The van der Waals surface area contributed by atoms with Gasteiger partial charge in [0.05, 0.1) is 0 Å². The van der Waals surface area contributed by atoms with Crippen molar-refractivity contribution in [1.82, 2.24) is 0 Å². The molecule has 0 aliphatic carbocycles. The van der Waals surface area contributed by atoms with Crippen molar-refractivity contribution >= 4 is 39.9 Å². The van der Waals surface area contributed by atoms with Crippen LogP contribution in [0.4, 0.5) is 15.8 Å². The Morgan fingerprint density at radius 1 is 1.03 bits per heavy atom. The van der Waals surface area contributed by atoms with Crippen LogP contribution in [0.5, 0.6) is 0 Å². The fourth-order valence-corrected chi connectivity index (χ4v) is 3.06. The Kier molecular flexibility index (Phi) is 5.14. The van der Waals surface area contributed by atoms with Crippen molar-refractivity contribution in [2.24, 2.45) is 4.99 Å². The van der Waals surface area contributed by atoms with Crippen LogP contribution in [0, 0.1) is 12.7 Å². The fraction of sp³-hybridized carbons (Fsp3) is 0.0435. The average molecular weight is 407 g/mol. The monoisotopic (exact) mass is 406 g/mol.